The average Bonchev–Trinajstić information content (AvgIpc) is 2.40. The SMILES string of the molecule is CCN(CC)c1nc(Cl)nc(OC2CCCCC2)n1. The molecular formula is C13H21ClN4O. The Bertz CT molecular complexity index is 406. The summed E-state index contributed by atoms with van der Waals surface area (Å²) in [5, 5.41) is 0.197. The van der Waals surface area contributed by atoms with E-state index >= 15 is 0 Å². The number of anilines is 1. The average molecular weight is 285 g/mol. The maximum Gasteiger partial charge on any atom is 0.322 e. The van der Waals surface area contributed by atoms with Gasteiger partial charge in [-0.1, -0.05) is 6.42 Å². The normalized spacial score (nSPS) is 16.4. The number of nitrogens with zero attached hydrogens (tertiary/aromatic N) is 4. The zero-order valence-electron chi connectivity index (χ0n) is 11.6. The van der Waals surface area contributed by atoms with Crippen molar-refractivity contribution >= 4 is 17.5 Å². The molecule has 1 saturated carbocycles. The molecule has 106 valence electrons. The molecule has 19 heavy (non-hydrogen) atoms. The van der Waals surface area contributed by atoms with Gasteiger partial charge in [0.25, 0.3) is 0 Å². The Morgan fingerprint density at radius 2 is 1.79 bits per heavy atom. The van der Waals surface area contributed by atoms with Crippen molar-refractivity contribution in [3.8, 4) is 6.01 Å². The molecule has 0 aliphatic heterocycles. The van der Waals surface area contributed by atoms with E-state index in [0.717, 1.165) is 25.9 Å². The summed E-state index contributed by atoms with van der Waals surface area (Å²) in [6, 6.07) is 0.355. The van der Waals surface area contributed by atoms with Crippen LogP contribution in [0.4, 0.5) is 5.95 Å². The smallest absolute Gasteiger partial charge is 0.322 e. The van der Waals surface area contributed by atoms with Crippen LogP contribution < -0.4 is 9.64 Å². The standard InChI is InChI=1S/C13H21ClN4O/c1-3-18(4-2)12-15-11(14)16-13(17-12)19-10-8-6-5-7-9-10/h10H,3-9H2,1-2H3. The molecule has 1 aromatic heterocycles. The first-order chi connectivity index (χ1) is 9.22. The van der Waals surface area contributed by atoms with Crippen LogP contribution in [0.1, 0.15) is 46.0 Å². The maximum atomic E-state index is 5.96. The number of hydrogen-bond acceptors (Lipinski definition) is 5. The molecule has 1 heterocycles. The first-order valence-corrected chi connectivity index (χ1v) is 7.44. The summed E-state index contributed by atoms with van der Waals surface area (Å²) in [5.74, 6) is 0.593. The lowest BCUT2D eigenvalue weighted by atomic mass is 9.98. The monoisotopic (exact) mass is 284 g/mol. The third-order valence-corrected chi connectivity index (χ3v) is 3.62. The van der Waals surface area contributed by atoms with Crippen LogP contribution in [-0.2, 0) is 0 Å². The molecule has 0 saturated heterocycles. The molecule has 1 fully saturated rings. The van der Waals surface area contributed by atoms with Gasteiger partial charge in [-0.15, -0.1) is 0 Å². The highest BCUT2D eigenvalue weighted by molar-refractivity contribution is 6.28. The maximum absolute atomic E-state index is 5.96. The molecule has 6 heteroatoms. The molecule has 5 nitrogen and oxygen atoms in total. The first-order valence-electron chi connectivity index (χ1n) is 7.06. The van der Waals surface area contributed by atoms with Gasteiger partial charge >= 0.3 is 6.01 Å². The second-order valence-corrected chi connectivity index (χ2v) is 5.08. The number of halogens is 1. The van der Waals surface area contributed by atoms with Crippen molar-refractivity contribution in [3.63, 3.8) is 0 Å². The van der Waals surface area contributed by atoms with Crippen LogP contribution in [0.3, 0.4) is 0 Å². The van der Waals surface area contributed by atoms with Crippen molar-refractivity contribution in [1.29, 1.82) is 0 Å². The molecule has 1 aromatic rings. The summed E-state index contributed by atoms with van der Waals surface area (Å²) in [7, 11) is 0. The molecule has 0 aromatic carbocycles. The summed E-state index contributed by atoms with van der Waals surface area (Å²) < 4.78 is 5.84. The molecular weight excluding hydrogens is 264 g/mol. The predicted octanol–water partition coefficient (Wildman–Crippen LogP) is 3.08. The largest absolute Gasteiger partial charge is 0.460 e. The molecule has 0 atom stereocenters. The molecule has 0 bridgehead atoms. The zero-order valence-corrected chi connectivity index (χ0v) is 12.4. The van der Waals surface area contributed by atoms with Crippen molar-refractivity contribution in [2.75, 3.05) is 18.0 Å². The van der Waals surface area contributed by atoms with Crippen molar-refractivity contribution in [2.24, 2.45) is 0 Å². The van der Waals surface area contributed by atoms with Gasteiger partial charge in [0.15, 0.2) is 0 Å². The number of aromatic nitrogens is 3. The summed E-state index contributed by atoms with van der Waals surface area (Å²) in [4.78, 5) is 14.6. The summed E-state index contributed by atoms with van der Waals surface area (Å²) in [6.45, 7) is 5.78. The van der Waals surface area contributed by atoms with Crippen LogP contribution in [-0.4, -0.2) is 34.1 Å². The van der Waals surface area contributed by atoms with E-state index in [1.165, 1.54) is 19.3 Å². The van der Waals surface area contributed by atoms with Gasteiger partial charge in [-0.25, -0.2) is 0 Å². The lowest BCUT2D eigenvalue weighted by Gasteiger charge is -2.23. The van der Waals surface area contributed by atoms with Crippen LogP contribution in [0.25, 0.3) is 0 Å². The Kier molecular flexibility index (Phi) is 5.19. The zero-order chi connectivity index (χ0) is 13.7. The van der Waals surface area contributed by atoms with Gasteiger partial charge in [0.2, 0.25) is 11.2 Å². The summed E-state index contributed by atoms with van der Waals surface area (Å²) in [5.41, 5.74) is 0. The quantitative estimate of drug-likeness (QED) is 0.832. The molecule has 1 aliphatic rings. The number of hydrogen-bond donors (Lipinski definition) is 0. The lowest BCUT2D eigenvalue weighted by molar-refractivity contribution is 0.141. The second-order valence-electron chi connectivity index (χ2n) is 4.74. The topological polar surface area (TPSA) is 51.1 Å². The molecule has 0 spiro atoms. The van der Waals surface area contributed by atoms with Gasteiger partial charge < -0.3 is 9.64 Å². The van der Waals surface area contributed by atoms with E-state index in [2.05, 4.69) is 28.8 Å². The molecule has 0 unspecified atom stereocenters. The van der Waals surface area contributed by atoms with Gasteiger partial charge in [-0.3, -0.25) is 0 Å². The van der Waals surface area contributed by atoms with Gasteiger partial charge in [0.1, 0.15) is 6.10 Å². The van der Waals surface area contributed by atoms with E-state index < -0.39 is 0 Å². The Labute approximate surface area is 119 Å². The van der Waals surface area contributed by atoms with E-state index in [1.807, 2.05) is 4.90 Å². The van der Waals surface area contributed by atoms with E-state index in [-0.39, 0.29) is 11.4 Å². The van der Waals surface area contributed by atoms with Crippen molar-refractivity contribution in [3.05, 3.63) is 5.28 Å². The fourth-order valence-corrected chi connectivity index (χ4v) is 2.50. The van der Waals surface area contributed by atoms with Crippen LogP contribution in [0.5, 0.6) is 6.01 Å². The highest BCUT2D eigenvalue weighted by Crippen LogP contribution is 2.23. The van der Waals surface area contributed by atoms with E-state index in [0.29, 0.717) is 12.0 Å². The Morgan fingerprint density at radius 1 is 1.11 bits per heavy atom. The predicted molar refractivity (Wildman–Crippen MR) is 75.9 cm³/mol. The van der Waals surface area contributed by atoms with Crippen LogP contribution in [0, 0.1) is 0 Å². The molecule has 1 aliphatic carbocycles. The minimum atomic E-state index is 0.197. The third kappa shape index (κ3) is 3.93. The van der Waals surface area contributed by atoms with Gasteiger partial charge in [-0.2, -0.15) is 15.0 Å². The third-order valence-electron chi connectivity index (χ3n) is 3.45. The van der Waals surface area contributed by atoms with E-state index in [4.69, 9.17) is 16.3 Å². The summed E-state index contributed by atoms with van der Waals surface area (Å²) >= 11 is 5.96. The summed E-state index contributed by atoms with van der Waals surface area (Å²) in [6.07, 6.45) is 6.09. The molecule has 0 radical (unpaired) electrons. The van der Waals surface area contributed by atoms with Crippen molar-refractivity contribution < 1.29 is 4.74 Å². The van der Waals surface area contributed by atoms with E-state index in [9.17, 15) is 0 Å². The van der Waals surface area contributed by atoms with Crippen LogP contribution in [0.2, 0.25) is 5.28 Å². The van der Waals surface area contributed by atoms with Crippen LogP contribution >= 0.6 is 11.6 Å². The Hall–Kier alpha value is -1.10. The van der Waals surface area contributed by atoms with E-state index in [1.54, 1.807) is 0 Å². The minimum absolute atomic E-state index is 0.197. The number of ether oxygens (including phenoxy) is 1. The lowest BCUT2D eigenvalue weighted by Crippen LogP contribution is -2.26. The Balaban J connectivity index is 2.11. The minimum Gasteiger partial charge on any atom is -0.460 e. The van der Waals surface area contributed by atoms with Gasteiger partial charge in [0.05, 0.1) is 0 Å². The van der Waals surface area contributed by atoms with Gasteiger partial charge in [0, 0.05) is 13.1 Å². The molecule has 0 amide bonds. The van der Waals surface area contributed by atoms with Crippen molar-refractivity contribution in [1.82, 2.24) is 15.0 Å². The fourth-order valence-electron chi connectivity index (χ4n) is 2.35. The highest BCUT2D eigenvalue weighted by Gasteiger charge is 2.18. The first kappa shape index (κ1) is 14.3. The second kappa shape index (κ2) is 6.89. The van der Waals surface area contributed by atoms with Crippen molar-refractivity contribution in [2.45, 2.75) is 52.1 Å². The Morgan fingerprint density at radius 3 is 2.42 bits per heavy atom. The highest BCUT2D eigenvalue weighted by atomic mass is 35.5. The molecule has 2 rings (SSSR count). The number of rotatable bonds is 5. The fraction of sp³-hybridized carbons (Fsp3) is 0.769. The van der Waals surface area contributed by atoms with Gasteiger partial charge in [-0.05, 0) is 51.1 Å². The molecule has 0 N–H and O–H groups in total. The van der Waals surface area contributed by atoms with Crippen LogP contribution in [0.15, 0.2) is 0 Å².